The average molecular weight is 573 g/mol. The first-order chi connectivity index (χ1) is 18.4. The Labute approximate surface area is 234 Å². The van der Waals surface area contributed by atoms with Gasteiger partial charge in [-0.05, 0) is 63.4 Å². The van der Waals surface area contributed by atoms with Crippen molar-refractivity contribution in [3.63, 3.8) is 0 Å². The summed E-state index contributed by atoms with van der Waals surface area (Å²) in [6.45, 7) is 5.08. The molecule has 3 unspecified atom stereocenters. The Morgan fingerprint density at radius 3 is 2.31 bits per heavy atom. The Balaban J connectivity index is 1.62. The van der Waals surface area contributed by atoms with Crippen LogP contribution in [0.3, 0.4) is 0 Å². The highest BCUT2D eigenvalue weighted by atomic mass is 35.5. The van der Waals surface area contributed by atoms with Crippen molar-refractivity contribution in [2.24, 2.45) is 5.92 Å². The van der Waals surface area contributed by atoms with Gasteiger partial charge in [0.05, 0.1) is 11.4 Å². The number of carbonyl (C=O) groups is 3. The lowest BCUT2D eigenvalue weighted by Gasteiger charge is -2.56. The summed E-state index contributed by atoms with van der Waals surface area (Å²) in [4.78, 5) is 44.1. The van der Waals surface area contributed by atoms with Gasteiger partial charge in [-0.2, -0.15) is 4.31 Å². The lowest BCUT2D eigenvalue weighted by Crippen LogP contribution is -2.79. The molecule has 5 rings (SSSR count). The predicted molar refractivity (Wildman–Crippen MR) is 146 cm³/mol. The standard InChI is InChI=1S/C28H33ClN4O5S/c1-18(2)31-16-24-32(39(37,38)22-7-5-4-6-8-22)17-28(3,30-25(34)20-11-12-20)27(36)33(24)23(26(31)35)15-19-9-13-21(29)14-10-19/h4-10,13-14,18,20,23-24H,11-12,15-17H2,1-3H3,(H,30,34). The SMILES string of the molecule is CC(C)N1CC2N(C(=O)C(C)(NC(=O)C3CC3)CN2S(=O)(=O)c2ccccc2)C(Cc2ccc(Cl)cc2)C1=O. The maximum atomic E-state index is 14.2. The van der Waals surface area contributed by atoms with E-state index >= 15 is 0 Å². The van der Waals surface area contributed by atoms with Crippen molar-refractivity contribution in [1.82, 2.24) is 19.4 Å². The average Bonchev–Trinajstić information content (AvgIpc) is 3.75. The quantitative estimate of drug-likeness (QED) is 0.549. The molecule has 2 aliphatic heterocycles. The van der Waals surface area contributed by atoms with Crippen LogP contribution in [0.4, 0.5) is 0 Å². The number of halogens is 1. The number of nitrogens with zero attached hydrogens (tertiary/aromatic N) is 3. The maximum Gasteiger partial charge on any atom is 0.251 e. The van der Waals surface area contributed by atoms with Crippen LogP contribution in [0.2, 0.25) is 5.02 Å². The molecular weight excluding hydrogens is 540 g/mol. The van der Waals surface area contributed by atoms with Gasteiger partial charge < -0.3 is 15.1 Å². The van der Waals surface area contributed by atoms with Gasteiger partial charge in [0.15, 0.2) is 0 Å². The van der Waals surface area contributed by atoms with Crippen LogP contribution < -0.4 is 5.32 Å². The van der Waals surface area contributed by atoms with E-state index in [4.69, 9.17) is 11.6 Å². The van der Waals surface area contributed by atoms with E-state index in [0.29, 0.717) is 5.02 Å². The molecule has 0 radical (unpaired) electrons. The first-order valence-electron chi connectivity index (χ1n) is 13.2. The normalized spacial score (nSPS) is 26.1. The first kappa shape index (κ1) is 27.6. The van der Waals surface area contributed by atoms with E-state index in [1.54, 1.807) is 54.3 Å². The largest absolute Gasteiger partial charge is 0.341 e. The Morgan fingerprint density at radius 2 is 1.72 bits per heavy atom. The lowest BCUT2D eigenvalue weighted by molar-refractivity contribution is -0.173. The highest BCUT2D eigenvalue weighted by Crippen LogP contribution is 2.37. The number of amides is 3. The van der Waals surface area contributed by atoms with Crippen LogP contribution in [0.15, 0.2) is 59.5 Å². The predicted octanol–water partition coefficient (Wildman–Crippen LogP) is 2.65. The zero-order chi connectivity index (χ0) is 28.1. The van der Waals surface area contributed by atoms with Crippen molar-refractivity contribution in [3.05, 3.63) is 65.2 Å². The van der Waals surface area contributed by atoms with Crippen LogP contribution in [-0.4, -0.2) is 77.1 Å². The third kappa shape index (κ3) is 5.17. The number of carbonyl (C=O) groups excluding carboxylic acids is 3. The van der Waals surface area contributed by atoms with Crippen LogP contribution in [0.25, 0.3) is 0 Å². The Bertz CT molecular complexity index is 1380. The number of sulfonamides is 1. The molecule has 3 atom stereocenters. The minimum atomic E-state index is -4.10. The molecule has 1 aliphatic carbocycles. The fraction of sp³-hybridized carbons (Fsp3) is 0.464. The number of benzene rings is 2. The van der Waals surface area contributed by atoms with Gasteiger partial charge in [-0.15, -0.1) is 0 Å². The molecule has 3 aliphatic rings. The maximum absolute atomic E-state index is 14.2. The summed E-state index contributed by atoms with van der Waals surface area (Å²) >= 11 is 6.07. The van der Waals surface area contributed by atoms with Gasteiger partial charge in [-0.25, -0.2) is 8.42 Å². The molecule has 1 saturated carbocycles. The summed E-state index contributed by atoms with van der Waals surface area (Å²) in [7, 11) is -4.10. The number of piperazine rings is 1. The summed E-state index contributed by atoms with van der Waals surface area (Å²) in [5.41, 5.74) is -0.766. The molecule has 3 fully saturated rings. The molecule has 1 N–H and O–H groups in total. The third-order valence-corrected chi connectivity index (χ3v) is 9.87. The van der Waals surface area contributed by atoms with E-state index in [-0.39, 0.29) is 48.2 Å². The zero-order valence-corrected chi connectivity index (χ0v) is 23.8. The molecule has 3 amide bonds. The number of hydrogen-bond donors (Lipinski definition) is 1. The van der Waals surface area contributed by atoms with Crippen molar-refractivity contribution in [3.8, 4) is 0 Å². The summed E-state index contributed by atoms with van der Waals surface area (Å²) in [5, 5.41) is 3.40. The van der Waals surface area contributed by atoms with Crippen LogP contribution >= 0.6 is 11.6 Å². The molecule has 2 aromatic rings. The third-order valence-electron chi connectivity index (χ3n) is 7.76. The fourth-order valence-electron chi connectivity index (χ4n) is 5.43. The van der Waals surface area contributed by atoms with Crippen molar-refractivity contribution in [2.45, 2.75) is 68.7 Å². The fourth-order valence-corrected chi connectivity index (χ4v) is 7.24. The van der Waals surface area contributed by atoms with Crippen molar-refractivity contribution in [1.29, 1.82) is 0 Å². The molecule has 2 heterocycles. The second-order valence-electron chi connectivity index (χ2n) is 11.1. The number of fused-ring (bicyclic) bond motifs is 1. The molecule has 0 spiro atoms. The van der Waals surface area contributed by atoms with Crippen molar-refractivity contribution >= 4 is 39.3 Å². The minimum absolute atomic E-state index is 0.0259. The van der Waals surface area contributed by atoms with E-state index in [9.17, 15) is 22.8 Å². The summed E-state index contributed by atoms with van der Waals surface area (Å²) in [5.74, 6) is -1.19. The van der Waals surface area contributed by atoms with E-state index in [1.165, 1.54) is 21.3 Å². The molecule has 0 aromatic heterocycles. The molecule has 9 nitrogen and oxygen atoms in total. The zero-order valence-electron chi connectivity index (χ0n) is 22.2. The lowest BCUT2D eigenvalue weighted by atomic mass is 9.90. The number of rotatable bonds is 7. The first-order valence-corrected chi connectivity index (χ1v) is 15.0. The molecular formula is C28H33ClN4O5S. The van der Waals surface area contributed by atoms with E-state index in [2.05, 4.69) is 5.32 Å². The highest BCUT2D eigenvalue weighted by Gasteiger charge is 2.58. The van der Waals surface area contributed by atoms with Gasteiger partial charge in [-0.1, -0.05) is 41.9 Å². The van der Waals surface area contributed by atoms with Gasteiger partial charge in [0.25, 0.3) is 5.91 Å². The number of nitrogens with one attached hydrogen (secondary N) is 1. The van der Waals surface area contributed by atoms with E-state index in [0.717, 1.165) is 18.4 Å². The second kappa shape index (κ2) is 10.2. The van der Waals surface area contributed by atoms with Gasteiger partial charge >= 0.3 is 0 Å². The monoisotopic (exact) mass is 572 g/mol. The van der Waals surface area contributed by atoms with Crippen LogP contribution in [0.5, 0.6) is 0 Å². The summed E-state index contributed by atoms with van der Waals surface area (Å²) < 4.78 is 29.5. The molecule has 2 aromatic carbocycles. The molecule has 2 saturated heterocycles. The summed E-state index contributed by atoms with van der Waals surface area (Å²) in [6, 6.07) is 13.9. The van der Waals surface area contributed by atoms with Crippen LogP contribution in [0, 0.1) is 5.92 Å². The Hall–Kier alpha value is -2.95. The van der Waals surface area contributed by atoms with Crippen molar-refractivity contribution < 1.29 is 22.8 Å². The van der Waals surface area contributed by atoms with Gasteiger partial charge in [0, 0.05) is 29.9 Å². The van der Waals surface area contributed by atoms with E-state index < -0.39 is 33.7 Å². The Kier molecular flexibility index (Phi) is 7.24. The Morgan fingerprint density at radius 1 is 1.08 bits per heavy atom. The van der Waals surface area contributed by atoms with Gasteiger partial charge in [0.2, 0.25) is 21.8 Å². The van der Waals surface area contributed by atoms with Crippen LogP contribution in [-0.2, 0) is 30.8 Å². The summed E-state index contributed by atoms with van der Waals surface area (Å²) in [6.07, 6.45) is 0.698. The van der Waals surface area contributed by atoms with E-state index in [1.807, 2.05) is 13.8 Å². The van der Waals surface area contributed by atoms with Crippen molar-refractivity contribution in [2.75, 3.05) is 13.1 Å². The smallest absolute Gasteiger partial charge is 0.251 e. The topological polar surface area (TPSA) is 107 Å². The molecule has 39 heavy (non-hydrogen) atoms. The molecule has 208 valence electrons. The molecule has 11 heteroatoms. The van der Waals surface area contributed by atoms with Crippen LogP contribution in [0.1, 0.15) is 39.2 Å². The van der Waals surface area contributed by atoms with Gasteiger partial charge in [-0.3, -0.25) is 14.4 Å². The number of hydrogen-bond acceptors (Lipinski definition) is 5. The molecule has 0 bridgehead atoms. The second-order valence-corrected chi connectivity index (χ2v) is 13.4. The minimum Gasteiger partial charge on any atom is -0.341 e. The highest BCUT2D eigenvalue weighted by molar-refractivity contribution is 7.89. The van der Waals surface area contributed by atoms with Gasteiger partial charge in [0.1, 0.15) is 17.7 Å².